The number of hydrogen-bond acceptors (Lipinski definition) is 6. The first-order valence-corrected chi connectivity index (χ1v) is 9.13. The number of amides is 1. The second-order valence-electron chi connectivity index (χ2n) is 6.25. The summed E-state index contributed by atoms with van der Waals surface area (Å²) < 4.78 is 10.4. The van der Waals surface area contributed by atoms with Crippen molar-refractivity contribution in [1.29, 1.82) is 0 Å². The maximum atomic E-state index is 12.2. The molecule has 0 spiro atoms. The number of ether oxygens (including phenoxy) is 1. The van der Waals surface area contributed by atoms with E-state index in [2.05, 4.69) is 10.3 Å². The highest BCUT2D eigenvalue weighted by Crippen LogP contribution is 2.18. The standard InChI is InChI=1S/C22H20N2O5/c1-2-20(26)23-17-10-8-15(9-11-17)19(25)14-28-21(27)12-18-13-29-22(24-18)16-6-4-3-5-7-16/h3-11,13H,2,12,14H2,1H3,(H,23,26). The Bertz CT molecular complexity index is 994. The van der Waals surface area contributed by atoms with Crippen LogP contribution in [0.5, 0.6) is 0 Å². The van der Waals surface area contributed by atoms with Gasteiger partial charge in [0, 0.05) is 23.2 Å². The third-order valence-corrected chi connectivity index (χ3v) is 4.07. The zero-order valence-corrected chi connectivity index (χ0v) is 15.9. The molecule has 7 nitrogen and oxygen atoms in total. The number of carbonyl (C=O) groups is 3. The van der Waals surface area contributed by atoms with E-state index in [4.69, 9.17) is 9.15 Å². The highest BCUT2D eigenvalue weighted by Gasteiger charge is 2.14. The molecule has 1 amide bonds. The second-order valence-corrected chi connectivity index (χ2v) is 6.25. The molecule has 2 aromatic carbocycles. The zero-order valence-electron chi connectivity index (χ0n) is 15.9. The quantitative estimate of drug-likeness (QED) is 0.464. The number of nitrogens with zero attached hydrogens (tertiary/aromatic N) is 1. The molecule has 1 aromatic heterocycles. The van der Waals surface area contributed by atoms with E-state index in [0.717, 1.165) is 5.56 Å². The van der Waals surface area contributed by atoms with Gasteiger partial charge in [-0.25, -0.2) is 4.98 Å². The fourth-order valence-corrected chi connectivity index (χ4v) is 2.52. The van der Waals surface area contributed by atoms with Gasteiger partial charge in [-0.1, -0.05) is 25.1 Å². The summed E-state index contributed by atoms with van der Waals surface area (Å²) >= 11 is 0. The second kappa shape index (κ2) is 9.45. The zero-order chi connectivity index (χ0) is 20.6. The molecule has 148 valence electrons. The molecular formula is C22H20N2O5. The fraction of sp³-hybridized carbons (Fsp3) is 0.182. The lowest BCUT2D eigenvalue weighted by Gasteiger charge is -2.06. The molecule has 1 heterocycles. The summed E-state index contributed by atoms with van der Waals surface area (Å²) in [7, 11) is 0. The maximum Gasteiger partial charge on any atom is 0.312 e. The highest BCUT2D eigenvalue weighted by molar-refractivity contribution is 5.98. The average Bonchev–Trinajstić information content (AvgIpc) is 3.21. The molecule has 0 aliphatic carbocycles. The molecule has 0 aliphatic rings. The van der Waals surface area contributed by atoms with E-state index >= 15 is 0 Å². The van der Waals surface area contributed by atoms with Gasteiger partial charge in [-0.2, -0.15) is 0 Å². The monoisotopic (exact) mass is 392 g/mol. The van der Waals surface area contributed by atoms with E-state index in [0.29, 0.717) is 29.3 Å². The summed E-state index contributed by atoms with van der Waals surface area (Å²) in [5.41, 5.74) is 2.23. The Morgan fingerprint density at radius 2 is 1.76 bits per heavy atom. The maximum absolute atomic E-state index is 12.2. The first-order chi connectivity index (χ1) is 14.0. The summed E-state index contributed by atoms with van der Waals surface area (Å²) in [5.74, 6) is -0.601. The number of anilines is 1. The third-order valence-electron chi connectivity index (χ3n) is 4.07. The minimum absolute atomic E-state index is 0.0917. The number of oxazole rings is 1. The van der Waals surface area contributed by atoms with Crippen LogP contribution in [0.2, 0.25) is 0 Å². The lowest BCUT2D eigenvalue weighted by molar-refractivity contribution is -0.141. The predicted octanol–water partition coefficient (Wildman–Crippen LogP) is 3.66. The Kier molecular flexibility index (Phi) is 6.52. The van der Waals surface area contributed by atoms with Gasteiger partial charge in [-0.3, -0.25) is 14.4 Å². The Hall–Kier alpha value is -3.74. The van der Waals surface area contributed by atoms with Crippen LogP contribution in [-0.4, -0.2) is 29.3 Å². The fourth-order valence-electron chi connectivity index (χ4n) is 2.52. The molecule has 0 saturated heterocycles. The van der Waals surface area contributed by atoms with Gasteiger partial charge in [-0.15, -0.1) is 0 Å². The number of aromatic nitrogens is 1. The molecule has 0 radical (unpaired) electrons. The van der Waals surface area contributed by atoms with Crippen LogP contribution in [0, 0.1) is 0 Å². The van der Waals surface area contributed by atoms with Gasteiger partial charge < -0.3 is 14.5 Å². The van der Waals surface area contributed by atoms with Crippen LogP contribution in [0.4, 0.5) is 5.69 Å². The number of carbonyl (C=O) groups excluding carboxylic acids is 3. The molecule has 0 unspecified atom stereocenters. The molecule has 0 fully saturated rings. The van der Waals surface area contributed by atoms with Crippen LogP contribution in [0.3, 0.4) is 0 Å². The number of rotatable bonds is 8. The van der Waals surface area contributed by atoms with E-state index in [9.17, 15) is 14.4 Å². The Labute approximate surface area is 167 Å². The van der Waals surface area contributed by atoms with Gasteiger partial charge in [0.15, 0.2) is 12.4 Å². The van der Waals surface area contributed by atoms with Crippen molar-refractivity contribution in [1.82, 2.24) is 4.98 Å². The van der Waals surface area contributed by atoms with Crippen molar-refractivity contribution in [3.8, 4) is 11.5 Å². The molecule has 1 N–H and O–H groups in total. The van der Waals surface area contributed by atoms with Crippen molar-refractivity contribution >= 4 is 23.3 Å². The van der Waals surface area contributed by atoms with Crippen molar-refractivity contribution in [3.63, 3.8) is 0 Å². The number of esters is 1. The van der Waals surface area contributed by atoms with Crippen molar-refractivity contribution in [2.75, 3.05) is 11.9 Å². The van der Waals surface area contributed by atoms with Gasteiger partial charge in [0.2, 0.25) is 11.8 Å². The summed E-state index contributed by atoms with van der Waals surface area (Å²) in [4.78, 5) is 39.8. The lowest BCUT2D eigenvalue weighted by atomic mass is 10.1. The van der Waals surface area contributed by atoms with Gasteiger partial charge in [0.25, 0.3) is 0 Å². The van der Waals surface area contributed by atoms with E-state index in [-0.39, 0.29) is 24.7 Å². The van der Waals surface area contributed by atoms with Crippen molar-refractivity contribution in [2.45, 2.75) is 19.8 Å². The van der Waals surface area contributed by atoms with E-state index in [1.807, 2.05) is 30.3 Å². The molecule has 0 bridgehead atoms. The first-order valence-electron chi connectivity index (χ1n) is 9.13. The van der Waals surface area contributed by atoms with Crippen LogP contribution in [0.25, 0.3) is 11.5 Å². The van der Waals surface area contributed by atoms with E-state index < -0.39 is 5.97 Å². The molecule has 7 heteroatoms. The summed E-state index contributed by atoms with van der Waals surface area (Å²) in [6, 6.07) is 15.7. The van der Waals surface area contributed by atoms with Crippen LogP contribution < -0.4 is 5.32 Å². The van der Waals surface area contributed by atoms with Gasteiger partial charge >= 0.3 is 5.97 Å². The Balaban J connectivity index is 1.50. The SMILES string of the molecule is CCC(=O)Nc1ccc(C(=O)COC(=O)Cc2coc(-c3ccccc3)n2)cc1. The molecule has 0 atom stereocenters. The van der Waals surface area contributed by atoms with Crippen molar-refractivity contribution in [3.05, 3.63) is 72.1 Å². The Morgan fingerprint density at radius 3 is 2.45 bits per heavy atom. The van der Waals surface area contributed by atoms with Crippen LogP contribution in [0.1, 0.15) is 29.4 Å². The molecular weight excluding hydrogens is 372 g/mol. The van der Waals surface area contributed by atoms with Gasteiger partial charge in [0.1, 0.15) is 6.26 Å². The minimum atomic E-state index is -0.571. The van der Waals surface area contributed by atoms with Crippen LogP contribution in [0.15, 0.2) is 65.3 Å². The van der Waals surface area contributed by atoms with Crippen molar-refractivity contribution in [2.24, 2.45) is 0 Å². The lowest BCUT2D eigenvalue weighted by Crippen LogP contribution is -2.16. The highest BCUT2D eigenvalue weighted by atomic mass is 16.5. The minimum Gasteiger partial charge on any atom is -0.457 e. The number of ketones is 1. The molecule has 29 heavy (non-hydrogen) atoms. The van der Waals surface area contributed by atoms with Crippen molar-refractivity contribution < 1.29 is 23.5 Å². The third kappa shape index (κ3) is 5.62. The van der Waals surface area contributed by atoms with Gasteiger partial charge in [-0.05, 0) is 36.4 Å². The number of Topliss-reactive ketones (excluding diaryl/α,β-unsaturated/α-hetero) is 1. The summed E-state index contributed by atoms with van der Waals surface area (Å²) in [6.45, 7) is 1.38. The molecule has 0 aliphatic heterocycles. The molecule has 0 saturated carbocycles. The largest absolute Gasteiger partial charge is 0.457 e. The van der Waals surface area contributed by atoms with Crippen LogP contribution >= 0.6 is 0 Å². The molecule has 3 aromatic rings. The first kappa shape index (κ1) is 20.0. The van der Waals surface area contributed by atoms with Gasteiger partial charge in [0.05, 0.1) is 12.1 Å². The predicted molar refractivity (Wildman–Crippen MR) is 106 cm³/mol. The van der Waals surface area contributed by atoms with Crippen LogP contribution in [-0.2, 0) is 20.7 Å². The number of nitrogens with one attached hydrogen (secondary N) is 1. The summed E-state index contributed by atoms with van der Waals surface area (Å²) in [5, 5.41) is 2.70. The topological polar surface area (TPSA) is 98.5 Å². The number of benzene rings is 2. The normalized spacial score (nSPS) is 10.4. The average molecular weight is 392 g/mol. The molecule has 3 rings (SSSR count). The summed E-state index contributed by atoms with van der Waals surface area (Å²) in [6.07, 6.45) is 1.68. The van der Waals surface area contributed by atoms with E-state index in [1.54, 1.807) is 31.2 Å². The Morgan fingerprint density at radius 1 is 1.03 bits per heavy atom. The smallest absolute Gasteiger partial charge is 0.312 e. The number of hydrogen-bond donors (Lipinski definition) is 1. The van der Waals surface area contributed by atoms with E-state index in [1.165, 1.54) is 6.26 Å².